The third-order valence-corrected chi connectivity index (χ3v) is 3.43. The molecule has 1 aliphatic rings. The first-order chi connectivity index (χ1) is 9.45. The number of hydrogen-bond donors (Lipinski definition) is 1. The Labute approximate surface area is 118 Å². The number of anilines is 1. The summed E-state index contributed by atoms with van der Waals surface area (Å²) in [5.74, 6) is -0.641. The van der Waals surface area contributed by atoms with Gasteiger partial charge in [-0.3, -0.25) is 9.59 Å². The first-order valence-corrected chi connectivity index (χ1v) is 6.75. The van der Waals surface area contributed by atoms with Gasteiger partial charge in [0.1, 0.15) is 12.3 Å². The Kier molecular flexibility index (Phi) is 3.97. The second-order valence-electron chi connectivity index (χ2n) is 5.19. The molecule has 1 unspecified atom stereocenters. The van der Waals surface area contributed by atoms with Gasteiger partial charge >= 0.3 is 5.97 Å². The van der Waals surface area contributed by atoms with Crippen LogP contribution in [-0.2, 0) is 9.59 Å². The number of aliphatic carboxylic acids is 1. The SMILES string of the molecule is CCOc1ccc2c(c1)C(C(C)C)C(=O)N2CC(=O)O. The van der Waals surface area contributed by atoms with Gasteiger partial charge in [0.2, 0.25) is 5.91 Å². The van der Waals surface area contributed by atoms with E-state index in [4.69, 9.17) is 9.84 Å². The van der Waals surface area contributed by atoms with Gasteiger partial charge in [0.05, 0.1) is 12.5 Å². The molecule has 1 N–H and O–H groups in total. The quantitative estimate of drug-likeness (QED) is 0.896. The molecule has 1 aromatic rings. The standard InChI is InChI=1S/C15H19NO4/c1-4-20-10-5-6-12-11(7-10)14(9(2)3)15(19)16(12)8-13(17)18/h5-7,9,14H,4,8H2,1-3H3,(H,17,18). The van der Waals surface area contributed by atoms with Crippen LogP contribution in [0.1, 0.15) is 32.3 Å². The third-order valence-electron chi connectivity index (χ3n) is 3.43. The molecule has 0 saturated carbocycles. The molecule has 0 aromatic heterocycles. The van der Waals surface area contributed by atoms with E-state index in [0.717, 1.165) is 5.56 Å². The first-order valence-electron chi connectivity index (χ1n) is 6.75. The fourth-order valence-corrected chi connectivity index (χ4v) is 2.65. The highest BCUT2D eigenvalue weighted by Crippen LogP contribution is 2.42. The number of carboxylic acids is 1. The zero-order valence-corrected chi connectivity index (χ0v) is 11.9. The second-order valence-corrected chi connectivity index (χ2v) is 5.19. The average Bonchev–Trinajstić information content (AvgIpc) is 2.62. The zero-order valence-electron chi connectivity index (χ0n) is 11.9. The number of hydrogen-bond acceptors (Lipinski definition) is 3. The smallest absolute Gasteiger partial charge is 0.323 e. The van der Waals surface area contributed by atoms with E-state index in [1.165, 1.54) is 4.90 Å². The van der Waals surface area contributed by atoms with Gasteiger partial charge in [-0.2, -0.15) is 0 Å². The van der Waals surface area contributed by atoms with Gasteiger partial charge in [-0.05, 0) is 36.6 Å². The summed E-state index contributed by atoms with van der Waals surface area (Å²) in [4.78, 5) is 24.7. The van der Waals surface area contributed by atoms with E-state index in [0.29, 0.717) is 18.0 Å². The molecule has 0 bridgehead atoms. The Hall–Kier alpha value is -2.04. The van der Waals surface area contributed by atoms with E-state index in [2.05, 4.69) is 0 Å². The number of carboxylic acid groups (broad SMARTS) is 1. The molecule has 0 spiro atoms. The first kappa shape index (κ1) is 14.4. The van der Waals surface area contributed by atoms with Gasteiger partial charge in [0, 0.05) is 5.69 Å². The van der Waals surface area contributed by atoms with Crippen molar-refractivity contribution in [3.8, 4) is 5.75 Å². The number of benzene rings is 1. The summed E-state index contributed by atoms with van der Waals surface area (Å²) >= 11 is 0. The molecule has 1 atom stereocenters. The van der Waals surface area contributed by atoms with E-state index in [9.17, 15) is 9.59 Å². The van der Waals surface area contributed by atoms with Crippen LogP contribution in [0.2, 0.25) is 0 Å². The number of ether oxygens (including phenoxy) is 1. The molecular weight excluding hydrogens is 258 g/mol. The van der Waals surface area contributed by atoms with E-state index in [1.807, 2.05) is 26.8 Å². The van der Waals surface area contributed by atoms with Crippen molar-refractivity contribution in [3.63, 3.8) is 0 Å². The minimum Gasteiger partial charge on any atom is -0.494 e. The number of amides is 1. The second kappa shape index (κ2) is 5.53. The van der Waals surface area contributed by atoms with Gasteiger partial charge in [0.15, 0.2) is 0 Å². The molecule has 0 saturated heterocycles. The van der Waals surface area contributed by atoms with Crippen LogP contribution in [0.25, 0.3) is 0 Å². The maximum absolute atomic E-state index is 12.4. The lowest BCUT2D eigenvalue weighted by Crippen LogP contribution is -2.34. The molecule has 0 radical (unpaired) electrons. The number of fused-ring (bicyclic) bond motifs is 1. The van der Waals surface area contributed by atoms with E-state index in [-0.39, 0.29) is 24.3 Å². The van der Waals surface area contributed by atoms with E-state index < -0.39 is 5.97 Å². The Morgan fingerprint density at radius 3 is 2.70 bits per heavy atom. The van der Waals surface area contributed by atoms with Crippen LogP contribution in [0.5, 0.6) is 5.75 Å². The van der Waals surface area contributed by atoms with Gasteiger partial charge in [-0.15, -0.1) is 0 Å². The summed E-state index contributed by atoms with van der Waals surface area (Å²) in [6.45, 7) is 6.07. The highest BCUT2D eigenvalue weighted by Gasteiger charge is 2.39. The Morgan fingerprint density at radius 1 is 1.45 bits per heavy atom. The predicted molar refractivity (Wildman–Crippen MR) is 75.2 cm³/mol. The minimum absolute atomic E-state index is 0.108. The molecule has 1 aromatic carbocycles. The summed E-state index contributed by atoms with van der Waals surface area (Å²) in [6, 6.07) is 5.39. The van der Waals surface area contributed by atoms with Crippen LogP contribution in [0.15, 0.2) is 18.2 Å². The molecule has 0 fully saturated rings. The fraction of sp³-hybridized carbons (Fsp3) is 0.467. The molecule has 5 heteroatoms. The molecule has 1 amide bonds. The summed E-state index contributed by atoms with van der Waals surface area (Å²) in [7, 11) is 0. The summed E-state index contributed by atoms with van der Waals surface area (Å²) in [6.07, 6.45) is 0. The molecule has 0 aliphatic carbocycles. The van der Waals surface area contributed by atoms with Crippen LogP contribution in [-0.4, -0.2) is 30.1 Å². The van der Waals surface area contributed by atoms with Gasteiger partial charge < -0.3 is 14.7 Å². The summed E-state index contributed by atoms with van der Waals surface area (Å²) in [5, 5.41) is 8.96. The van der Waals surface area contributed by atoms with Crippen LogP contribution in [0.4, 0.5) is 5.69 Å². The molecule has 108 valence electrons. The average molecular weight is 277 g/mol. The fourth-order valence-electron chi connectivity index (χ4n) is 2.65. The van der Waals surface area contributed by atoms with Gasteiger partial charge in [0.25, 0.3) is 0 Å². The molecule has 1 heterocycles. The van der Waals surface area contributed by atoms with Crippen molar-refractivity contribution in [1.82, 2.24) is 0 Å². The number of carbonyl (C=O) groups is 2. The van der Waals surface area contributed by atoms with E-state index in [1.54, 1.807) is 12.1 Å². The van der Waals surface area contributed by atoms with Crippen LogP contribution < -0.4 is 9.64 Å². The monoisotopic (exact) mass is 277 g/mol. The van der Waals surface area contributed by atoms with Gasteiger partial charge in [-0.1, -0.05) is 13.8 Å². The number of nitrogens with zero attached hydrogens (tertiary/aromatic N) is 1. The van der Waals surface area contributed by atoms with Crippen LogP contribution in [0.3, 0.4) is 0 Å². The zero-order chi connectivity index (χ0) is 14.9. The van der Waals surface area contributed by atoms with Crippen molar-refractivity contribution in [2.75, 3.05) is 18.1 Å². The lowest BCUT2D eigenvalue weighted by Gasteiger charge is -2.16. The van der Waals surface area contributed by atoms with Crippen molar-refractivity contribution in [2.45, 2.75) is 26.7 Å². The molecule has 20 heavy (non-hydrogen) atoms. The lowest BCUT2D eigenvalue weighted by atomic mass is 9.90. The van der Waals surface area contributed by atoms with Crippen molar-refractivity contribution in [3.05, 3.63) is 23.8 Å². The molecule has 5 nitrogen and oxygen atoms in total. The third kappa shape index (κ3) is 2.48. The van der Waals surface area contributed by atoms with Crippen molar-refractivity contribution >= 4 is 17.6 Å². The highest BCUT2D eigenvalue weighted by atomic mass is 16.5. The normalized spacial score (nSPS) is 17.5. The van der Waals surface area contributed by atoms with Crippen molar-refractivity contribution < 1.29 is 19.4 Å². The summed E-state index contributed by atoms with van der Waals surface area (Å²) in [5.41, 5.74) is 1.54. The molecular formula is C15H19NO4. The van der Waals surface area contributed by atoms with E-state index >= 15 is 0 Å². The largest absolute Gasteiger partial charge is 0.494 e. The Balaban J connectivity index is 2.45. The van der Waals surface area contributed by atoms with Crippen molar-refractivity contribution in [2.24, 2.45) is 5.92 Å². The van der Waals surface area contributed by atoms with Crippen LogP contribution >= 0.6 is 0 Å². The Bertz CT molecular complexity index is 539. The predicted octanol–water partition coefficient (Wildman–Crippen LogP) is 2.26. The number of carbonyl (C=O) groups excluding carboxylic acids is 1. The molecule has 2 rings (SSSR count). The maximum atomic E-state index is 12.4. The Morgan fingerprint density at radius 2 is 2.15 bits per heavy atom. The van der Waals surface area contributed by atoms with Crippen molar-refractivity contribution in [1.29, 1.82) is 0 Å². The topological polar surface area (TPSA) is 66.8 Å². The maximum Gasteiger partial charge on any atom is 0.323 e. The van der Waals surface area contributed by atoms with Gasteiger partial charge in [-0.25, -0.2) is 0 Å². The summed E-state index contributed by atoms with van der Waals surface area (Å²) < 4.78 is 5.46. The minimum atomic E-state index is -1.01. The highest BCUT2D eigenvalue weighted by molar-refractivity contribution is 6.07. The van der Waals surface area contributed by atoms with Crippen LogP contribution in [0, 0.1) is 5.92 Å². The lowest BCUT2D eigenvalue weighted by molar-refractivity contribution is -0.136. The number of rotatable bonds is 5. The molecule has 1 aliphatic heterocycles.